The molecule has 3 heterocycles. The molecule has 1 aliphatic rings. The number of esters is 2. The van der Waals surface area contributed by atoms with Gasteiger partial charge < -0.3 is 13.9 Å². The first-order chi connectivity index (χ1) is 11.0. The summed E-state index contributed by atoms with van der Waals surface area (Å²) >= 11 is 3.65. The van der Waals surface area contributed by atoms with E-state index in [-0.39, 0.29) is 22.0 Å². The lowest BCUT2D eigenvalue weighted by atomic mass is 10.2. The maximum absolute atomic E-state index is 12.3. The fraction of sp³-hybridized carbons (Fsp3) is 0.375. The molecular weight excluding hydrogens is 382 g/mol. The Hall–Kier alpha value is -1.47. The van der Waals surface area contributed by atoms with Crippen LogP contribution in [0.2, 0.25) is 0 Å². The summed E-state index contributed by atoms with van der Waals surface area (Å²) in [5.41, 5.74) is 2.28. The number of aromatic nitrogens is 1. The molecule has 0 N–H and O–H groups in total. The summed E-state index contributed by atoms with van der Waals surface area (Å²) in [6.07, 6.45) is 3.88. The number of alkyl halides is 1. The van der Waals surface area contributed by atoms with Crippen LogP contribution < -0.4 is 0 Å². The van der Waals surface area contributed by atoms with Crippen molar-refractivity contribution < 1.29 is 19.1 Å². The number of halogens is 1. The number of ether oxygens (including phenoxy) is 2. The molecular formula is C16H17BrNO4S+. The molecule has 3 atom stereocenters. The van der Waals surface area contributed by atoms with E-state index in [9.17, 15) is 9.59 Å². The second-order valence-corrected chi connectivity index (χ2v) is 8.19. The van der Waals surface area contributed by atoms with Crippen LogP contribution in [0, 0.1) is 0 Å². The van der Waals surface area contributed by atoms with Gasteiger partial charge in [-0.05, 0) is 19.1 Å². The Labute approximate surface area is 145 Å². The maximum atomic E-state index is 12.3. The quantitative estimate of drug-likeness (QED) is 0.453. The second-order valence-electron chi connectivity index (χ2n) is 5.17. The van der Waals surface area contributed by atoms with Crippen LogP contribution in [0.4, 0.5) is 0 Å². The van der Waals surface area contributed by atoms with Gasteiger partial charge in [0, 0.05) is 17.1 Å². The van der Waals surface area contributed by atoms with Crippen molar-refractivity contribution in [3.8, 4) is 0 Å². The van der Waals surface area contributed by atoms with Crippen LogP contribution in [0.15, 0.2) is 29.3 Å². The summed E-state index contributed by atoms with van der Waals surface area (Å²) in [6.45, 7) is 2.13. The highest BCUT2D eigenvalue weighted by atomic mass is 79.9. The van der Waals surface area contributed by atoms with Crippen LogP contribution >= 0.6 is 15.9 Å². The summed E-state index contributed by atoms with van der Waals surface area (Å²) in [4.78, 5) is 25.4. The fourth-order valence-corrected chi connectivity index (χ4v) is 6.98. The lowest BCUT2D eigenvalue weighted by Crippen LogP contribution is -2.31. The highest BCUT2D eigenvalue weighted by Gasteiger charge is 2.56. The number of hydrogen-bond acceptors (Lipinski definition) is 4. The average Bonchev–Trinajstić information content (AvgIpc) is 3.01. The summed E-state index contributed by atoms with van der Waals surface area (Å²) in [7, 11) is 0.917. The zero-order chi connectivity index (χ0) is 16.7. The van der Waals surface area contributed by atoms with E-state index in [2.05, 4.69) is 15.9 Å². The Balaban J connectivity index is 2.23. The molecule has 1 aliphatic heterocycles. The molecule has 0 fully saturated rings. The van der Waals surface area contributed by atoms with Crippen LogP contribution in [0.5, 0.6) is 0 Å². The first kappa shape index (κ1) is 16.4. The molecule has 0 bridgehead atoms. The molecule has 0 amide bonds. The SMILES string of the molecule is CCOC(=O)C1C(Br)c2c(c(C(=O)OC)c3ccccn23)[S+]1C. The molecule has 3 unspecified atom stereocenters. The number of carbonyl (C=O) groups excluding carboxylic acids is 2. The number of carbonyl (C=O) groups is 2. The molecule has 0 aliphatic carbocycles. The lowest BCUT2D eigenvalue weighted by molar-refractivity contribution is -0.142. The molecule has 0 aromatic carbocycles. The monoisotopic (exact) mass is 398 g/mol. The molecule has 0 spiro atoms. The lowest BCUT2D eigenvalue weighted by Gasteiger charge is -2.12. The van der Waals surface area contributed by atoms with Crippen molar-refractivity contribution in [3.05, 3.63) is 35.7 Å². The molecule has 2 aromatic heterocycles. The van der Waals surface area contributed by atoms with Gasteiger partial charge in [0.2, 0.25) is 5.25 Å². The second kappa shape index (κ2) is 6.20. The van der Waals surface area contributed by atoms with E-state index in [1.165, 1.54) is 7.11 Å². The van der Waals surface area contributed by atoms with E-state index in [0.717, 1.165) is 16.1 Å². The van der Waals surface area contributed by atoms with Crippen molar-refractivity contribution in [2.24, 2.45) is 0 Å². The molecule has 0 saturated carbocycles. The van der Waals surface area contributed by atoms with Gasteiger partial charge in [-0.1, -0.05) is 22.0 Å². The van der Waals surface area contributed by atoms with Gasteiger partial charge >= 0.3 is 11.9 Å². The zero-order valence-electron chi connectivity index (χ0n) is 13.0. The van der Waals surface area contributed by atoms with Crippen molar-refractivity contribution in [1.29, 1.82) is 0 Å². The van der Waals surface area contributed by atoms with Gasteiger partial charge in [0.15, 0.2) is 4.90 Å². The smallest absolute Gasteiger partial charge is 0.361 e. The van der Waals surface area contributed by atoms with E-state index in [4.69, 9.17) is 9.47 Å². The number of fused-ring (bicyclic) bond motifs is 3. The number of rotatable bonds is 3. The molecule has 0 radical (unpaired) electrons. The Morgan fingerprint density at radius 3 is 2.78 bits per heavy atom. The average molecular weight is 399 g/mol. The van der Waals surface area contributed by atoms with Gasteiger partial charge in [-0.15, -0.1) is 0 Å². The van der Waals surface area contributed by atoms with E-state index in [1.54, 1.807) is 6.92 Å². The standard InChI is InChI=1S/C16H17BrNO4S/c1-4-22-16(20)14-11(17)12-13(23(14)3)10(15(19)21-2)9-7-5-6-8-18(9)12/h5-8,11,14H,4H2,1-3H3/q+1. The maximum Gasteiger partial charge on any atom is 0.361 e. The molecule has 5 nitrogen and oxygen atoms in total. The fourth-order valence-electron chi connectivity index (χ4n) is 3.03. The molecule has 7 heteroatoms. The topological polar surface area (TPSA) is 57.0 Å². The first-order valence-corrected chi connectivity index (χ1v) is 9.80. The van der Waals surface area contributed by atoms with Crippen LogP contribution in [0.1, 0.15) is 27.8 Å². The largest absolute Gasteiger partial charge is 0.465 e. The molecule has 23 heavy (non-hydrogen) atoms. The summed E-state index contributed by atoms with van der Waals surface area (Å²) in [5, 5.41) is -0.333. The molecule has 3 rings (SSSR count). The highest BCUT2D eigenvalue weighted by molar-refractivity contribution is 9.09. The number of nitrogens with zero attached hydrogens (tertiary/aromatic N) is 1. The van der Waals surface area contributed by atoms with E-state index >= 15 is 0 Å². The Morgan fingerprint density at radius 1 is 1.39 bits per heavy atom. The predicted molar refractivity (Wildman–Crippen MR) is 92.4 cm³/mol. The normalized spacial score (nSPS) is 22.9. The number of hydrogen-bond donors (Lipinski definition) is 0. The summed E-state index contributed by atoms with van der Waals surface area (Å²) < 4.78 is 12.2. The molecule has 0 saturated heterocycles. The van der Waals surface area contributed by atoms with Crippen molar-refractivity contribution in [2.75, 3.05) is 20.0 Å². The van der Waals surface area contributed by atoms with E-state index in [0.29, 0.717) is 12.2 Å². The van der Waals surface area contributed by atoms with Gasteiger partial charge in [0.1, 0.15) is 16.6 Å². The Kier molecular flexibility index (Phi) is 4.42. The number of pyridine rings is 1. The van der Waals surface area contributed by atoms with Gasteiger partial charge in [0.05, 0.1) is 24.9 Å². The zero-order valence-corrected chi connectivity index (χ0v) is 15.4. The van der Waals surface area contributed by atoms with Crippen LogP contribution in [-0.4, -0.2) is 41.6 Å². The van der Waals surface area contributed by atoms with Crippen LogP contribution in [0.3, 0.4) is 0 Å². The molecule has 2 aromatic rings. The third-order valence-corrected chi connectivity index (χ3v) is 7.57. The minimum Gasteiger partial charge on any atom is -0.465 e. The van der Waals surface area contributed by atoms with E-state index < -0.39 is 10.9 Å². The Bertz CT molecular complexity index is 788. The van der Waals surface area contributed by atoms with Crippen molar-refractivity contribution in [1.82, 2.24) is 4.40 Å². The molecule has 122 valence electrons. The highest BCUT2D eigenvalue weighted by Crippen LogP contribution is 2.48. The minimum absolute atomic E-state index is 0.196. The van der Waals surface area contributed by atoms with Crippen molar-refractivity contribution in [2.45, 2.75) is 21.9 Å². The van der Waals surface area contributed by atoms with E-state index in [1.807, 2.05) is 35.1 Å². The summed E-state index contributed by atoms with van der Waals surface area (Å²) in [6, 6.07) is 5.68. The van der Waals surface area contributed by atoms with Crippen molar-refractivity contribution >= 4 is 44.3 Å². The van der Waals surface area contributed by atoms with Crippen LogP contribution in [-0.2, 0) is 25.2 Å². The van der Waals surface area contributed by atoms with Gasteiger partial charge in [-0.25, -0.2) is 9.59 Å². The van der Waals surface area contributed by atoms with Crippen LogP contribution in [0.25, 0.3) is 5.52 Å². The Morgan fingerprint density at radius 2 is 2.13 bits per heavy atom. The number of methoxy groups -OCH3 is 1. The minimum atomic E-state index is -0.457. The van der Waals surface area contributed by atoms with Gasteiger partial charge in [-0.3, -0.25) is 0 Å². The third-order valence-electron chi connectivity index (χ3n) is 3.97. The van der Waals surface area contributed by atoms with Crippen molar-refractivity contribution in [3.63, 3.8) is 0 Å². The third kappa shape index (κ3) is 2.37. The van der Waals surface area contributed by atoms with Gasteiger partial charge in [0.25, 0.3) is 0 Å². The predicted octanol–water partition coefficient (Wildman–Crippen LogP) is 2.71. The summed E-state index contributed by atoms with van der Waals surface area (Å²) in [5.74, 6) is -0.615. The first-order valence-electron chi connectivity index (χ1n) is 7.19. The van der Waals surface area contributed by atoms with Gasteiger partial charge in [-0.2, -0.15) is 0 Å².